The van der Waals surface area contributed by atoms with E-state index in [2.05, 4.69) is 53.4 Å². The zero-order valence-electron chi connectivity index (χ0n) is 11.5. The number of benzene rings is 1. The molecule has 0 amide bonds. The third kappa shape index (κ3) is 2.48. The second kappa shape index (κ2) is 5.33. The number of aromatic amines is 1. The number of H-pyrrole nitrogens is 1. The number of imidazole rings is 1. The Bertz CT molecular complexity index is 641. The molecular weight excluding hydrogens is 272 g/mol. The molecule has 4 heteroatoms. The van der Waals surface area contributed by atoms with Gasteiger partial charge < -0.3 is 9.55 Å². The topological polar surface area (TPSA) is 20.7 Å². The van der Waals surface area contributed by atoms with E-state index < -0.39 is 0 Å². The molecule has 1 N–H and O–H groups in total. The van der Waals surface area contributed by atoms with Gasteiger partial charge in [0.1, 0.15) is 0 Å². The highest BCUT2D eigenvalue weighted by atomic mass is 32.2. The van der Waals surface area contributed by atoms with Gasteiger partial charge in [-0.15, -0.1) is 0 Å². The van der Waals surface area contributed by atoms with Crippen LogP contribution in [-0.4, -0.2) is 20.6 Å². The van der Waals surface area contributed by atoms with Crippen LogP contribution in [0.15, 0.2) is 18.2 Å². The van der Waals surface area contributed by atoms with Crippen molar-refractivity contribution in [3.63, 3.8) is 0 Å². The maximum atomic E-state index is 5.54. The fourth-order valence-electron chi connectivity index (χ4n) is 3.13. The van der Waals surface area contributed by atoms with Gasteiger partial charge in [0.05, 0.1) is 11.0 Å². The number of thioether (sulfide) groups is 1. The molecule has 19 heavy (non-hydrogen) atoms. The van der Waals surface area contributed by atoms with E-state index in [0.29, 0.717) is 6.04 Å². The van der Waals surface area contributed by atoms with Crippen molar-refractivity contribution >= 4 is 35.0 Å². The molecule has 1 aliphatic rings. The Morgan fingerprint density at radius 3 is 3.05 bits per heavy atom. The molecular formula is C15H20N2S2. The van der Waals surface area contributed by atoms with Gasteiger partial charge >= 0.3 is 0 Å². The summed E-state index contributed by atoms with van der Waals surface area (Å²) in [5.41, 5.74) is 3.74. The van der Waals surface area contributed by atoms with Crippen LogP contribution in [0.4, 0.5) is 0 Å². The van der Waals surface area contributed by atoms with Crippen LogP contribution in [0, 0.1) is 11.7 Å². The maximum absolute atomic E-state index is 5.54. The van der Waals surface area contributed by atoms with Crippen LogP contribution in [0.5, 0.6) is 0 Å². The molecule has 1 fully saturated rings. The minimum atomic E-state index is 0.576. The van der Waals surface area contributed by atoms with Crippen molar-refractivity contribution in [1.29, 1.82) is 0 Å². The van der Waals surface area contributed by atoms with Crippen LogP contribution in [0.3, 0.4) is 0 Å². The Hall–Kier alpha value is -0.740. The average molecular weight is 292 g/mol. The molecule has 0 aliphatic heterocycles. The third-order valence-corrected chi connectivity index (χ3v) is 5.53. The molecule has 0 saturated heterocycles. The maximum Gasteiger partial charge on any atom is 0.178 e. The first-order valence-electron chi connectivity index (χ1n) is 7.01. The minimum absolute atomic E-state index is 0.576. The first-order valence-corrected chi connectivity index (χ1v) is 8.47. The van der Waals surface area contributed by atoms with Crippen molar-refractivity contribution in [2.75, 3.05) is 5.75 Å². The van der Waals surface area contributed by atoms with Gasteiger partial charge in [0.25, 0.3) is 0 Å². The van der Waals surface area contributed by atoms with Crippen LogP contribution in [0.25, 0.3) is 11.0 Å². The van der Waals surface area contributed by atoms with Gasteiger partial charge in [-0.05, 0) is 61.9 Å². The van der Waals surface area contributed by atoms with E-state index in [-0.39, 0.29) is 0 Å². The van der Waals surface area contributed by atoms with Crippen LogP contribution in [-0.2, 0) is 0 Å². The summed E-state index contributed by atoms with van der Waals surface area (Å²) in [5.74, 6) is 1.22. The predicted molar refractivity (Wildman–Crippen MR) is 86.7 cm³/mol. The molecule has 1 saturated carbocycles. The fraction of sp³-hybridized carbons (Fsp3) is 0.533. The van der Waals surface area contributed by atoms with Gasteiger partial charge in [-0.2, -0.15) is 11.8 Å². The molecule has 2 unspecified atom stereocenters. The Morgan fingerprint density at radius 2 is 2.26 bits per heavy atom. The minimum Gasteiger partial charge on any atom is -0.331 e. The molecule has 0 spiro atoms. The van der Waals surface area contributed by atoms with Crippen molar-refractivity contribution in [3.8, 4) is 0 Å². The number of hydrogen-bond acceptors (Lipinski definition) is 2. The van der Waals surface area contributed by atoms with E-state index in [1.54, 1.807) is 0 Å². The summed E-state index contributed by atoms with van der Waals surface area (Å²) >= 11 is 7.63. The Labute approximate surface area is 123 Å². The van der Waals surface area contributed by atoms with E-state index in [4.69, 9.17) is 12.2 Å². The highest BCUT2D eigenvalue weighted by Gasteiger charge is 2.27. The van der Waals surface area contributed by atoms with Crippen LogP contribution >= 0.6 is 24.0 Å². The van der Waals surface area contributed by atoms with Gasteiger partial charge in [0.15, 0.2) is 4.77 Å². The smallest absolute Gasteiger partial charge is 0.178 e. The zero-order chi connectivity index (χ0) is 13.4. The van der Waals surface area contributed by atoms with Crippen molar-refractivity contribution in [1.82, 2.24) is 9.55 Å². The van der Waals surface area contributed by atoms with Crippen molar-refractivity contribution in [2.45, 2.75) is 44.4 Å². The predicted octanol–water partition coefficient (Wildman–Crippen LogP) is 4.85. The number of nitrogens with zero attached hydrogens (tertiary/aromatic N) is 1. The number of aromatic nitrogens is 2. The third-order valence-electron chi connectivity index (χ3n) is 4.00. The lowest BCUT2D eigenvalue weighted by Gasteiger charge is -2.14. The second-order valence-electron chi connectivity index (χ2n) is 5.36. The number of aryl methyl sites for hydroxylation is 1. The Kier molecular flexibility index (Phi) is 3.72. The summed E-state index contributed by atoms with van der Waals surface area (Å²) in [4.78, 5) is 3.35. The van der Waals surface area contributed by atoms with Crippen LogP contribution < -0.4 is 0 Å². The van der Waals surface area contributed by atoms with E-state index in [0.717, 1.165) is 10.0 Å². The fourth-order valence-corrected chi connectivity index (χ4v) is 4.62. The summed E-state index contributed by atoms with van der Waals surface area (Å²) in [7, 11) is 0. The summed E-state index contributed by atoms with van der Waals surface area (Å²) in [6.45, 7) is 4.39. The van der Waals surface area contributed by atoms with E-state index in [9.17, 15) is 0 Å². The molecule has 102 valence electrons. The van der Waals surface area contributed by atoms with Crippen molar-refractivity contribution < 1.29 is 0 Å². The van der Waals surface area contributed by atoms with Crippen LogP contribution in [0.1, 0.15) is 37.8 Å². The summed E-state index contributed by atoms with van der Waals surface area (Å²) < 4.78 is 3.24. The molecule has 2 atom stereocenters. The largest absolute Gasteiger partial charge is 0.331 e. The lowest BCUT2D eigenvalue weighted by Crippen LogP contribution is -2.06. The van der Waals surface area contributed by atoms with Gasteiger partial charge in [0, 0.05) is 11.3 Å². The standard InChI is InChI=1S/C15H20N2S2/c1-3-19-12-6-5-11(9-12)17-14-8-10(2)4-7-13(14)16-15(17)18/h4,7-8,11-12H,3,5-6,9H2,1-2H3,(H,16,18). The van der Waals surface area contributed by atoms with Crippen LogP contribution in [0.2, 0.25) is 0 Å². The van der Waals surface area contributed by atoms with E-state index in [1.165, 1.54) is 41.6 Å². The second-order valence-corrected chi connectivity index (χ2v) is 7.33. The molecule has 2 aromatic rings. The lowest BCUT2D eigenvalue weighted by atomic mass is 10.2. The van der Waals surface area contributed by atoms with Gasteiger partial charge in [-0.25, -0.2) is 0 Å². The van der Waals surface area contributed by atoms with Crippen molar-refractivity contribution in [3.05, 3.63) is 28.5 Å². The number of rotatable bonds is 3. The molecule has 1 heterocycles. The number of fused-ring (bicyclic) bond motifs is 1. The number of hydrogen-bond donors (Lipinski definition) is 1. The van der Waals surface area contributed by atoms with Gasteiger partial charge in [0.2, 0.25) is 0 Å². The zero-order valence-corrected chi connectivity index (χ0v) is 13.1. The first kappa shape index (κ1) is 13.3. The highest BCUT2D eigenvalue weighted by molar-refractivity contribution is 7.99. The summed E-state index contributed by atoms with van der Waals surface area (Å²) in [6.07, 6.45) is 3.84. The molecule has 2 nitrogen and oxygen atoms in total. The van der Waals surface area contributed by atoms with Gasteiger partial charge in [-0.3, -0.25) is 0 Å². The highest BCUT2D eigenvalue weighted by Crippen LogP contribution is 2.38. The summed E-state index contributed by atoms with van der Waals surface area (Å²) in [6, 6.07) is 7.11. The SMILES string of the molecule is CCSC1CCC(n2c(=S)[nH]c3ccc(C)cc32)C1. The normalized spacial score (nSPS) is 23.3. The molecule has 0 radical (unpaired) electrons. The molecule has 0 bridgehead atoms. The first-order chi connectivity index (χ1) is 9.19. The Morgan fingerprint density at radius 1 is 1.42 bits per heavy atom. The average Bonchev–Trinajstić information content (AvgIpc) is 2.93. The van der Waals surface area contributed by atoms with Crippen molar-refractivity contribution in [2.24, 2.45) is 0 Å². The molecule has 1 aromatic heterocycles. The molecule has 3 rings (SSSR count). The molecule has 1 aliphatic carbocycles. The quantitative estimate of drug-likeness (QED) is 0.816. The molecule has 1 aromatic carbocycles. The summed E-state index contributed by atoms with van der Waals surface area (Å²) in [5, 5.41) is 0.812. The van der Waals surface area contributed by atoms with Gasteiger partial charge in [-0.1, -0.05) is 13.0 Å². The van der Waals surface area contributed by atoms with E-state index in [1.807, 2.05) is 0 Å². The number of nitrogens with one attached hydrogen (secondary N) is 1. The van der Waals surface area contributed by atoms with E-state index >= 15 is 0 Å². The Balaban J connectivity index is 1.99. The monoisotopic (exact) mass is 292 g/mol. The lowest BCUT2D eigenvalue weighted by molar-refractivity contribution is 0.527.